The van der Waals surface area contributed by atoms with Gasteiger partial charge in [0.05, 0.1) is 5.60 Å². The molecule has 0 spiro atoms. The van der Waals surface area contributed by atoms with Crippen molar-refractivity contribution in [3.63, 3.8) is 0 Å². The lowest BCUT2D eigenvalue weighted by Gasteiger charge is -2.37. The fourth-order valence-electron chi connectivity index (χ4n) is 1.70. The maximum atomic E-state index is 10.3. The van der Waals surface area contributed by atoms with Gasteiger partial charge >= 0.3 is 0 Å². The molecule has 1 heteroatoms. The van der Waals surface area contributed by atoms with E-state index in [1.165, 1.54) is 5.57 Å². The van der Waals surface area contributed by atoms with Gasteiger partial charge in [0.1, 0.15) is 0 Å². The second-order valence-corrected chi connectivity index (χ2v) is 4.03. The molecule has 0 saturated heterocycles. The molecule has 0 radical (unpaired) electrons. The minimum atomic E-state index is -0.640. The van der Waals surface area contributed by atoms with Gasteiger partial charge in [0.15, 0.2) is 0 Å². The third-order valence-corrected chi connectivity index (χ3v) is 3.02. The summed E-state index contributed by atoms with van der Waals surface area (Å²) < 4.78 is 0. The van der Waals surface area contributed by atoms with Crippen molar-refractivity contribution >= 4 is 0 Å². The van der Waals surface area contributed by atoms with Gasteiger partial charge in [-0.15, -0.1) is 0 Å². The van der Waals surface area contributed by atoms with E-state index in [9.17, 15) is 5.11 Å². The van der Waals surface area contributed by atoms with E-state index in [2.05, 4.69) is 33.8 Å². The van der Waals surface area contributed by atoms with Crippen LogP contribution in [0, 0.1) is 11.8 Å². The zero-order chi connectivity index (χ0) is 9.35. The van der Waals surface area contributed by atoms with E-state index in [-0.39, 0.29) is 11.8 Å². The summed E-state index contributed by atoms with van der Waals surface area (Å²) in [5, 5.41) is 10.3. The average Bonchev–Trinajstić information content (AvgIpc) is 2.00. The van der Waals surface area contributed by atoms with Crippen molar-refractivity contribution in [1.29, 1.82) is 0 Å². The normalized spacial score (nSPS) is 35.5. The molecule has 0 saturated carbocycles. The van der Waals surface area contributed by atoms with E-state index >= 15 is 0 Å². The van der Waals surface area contributed by atoms with Crippen molar-refractivity contribution in [3.8, 4) is 0 Å². The van der Waals surface area contributed by atoms with Crippen LogP contribution >= 0.6 is 0 Å². The lowest BCUT2D eigenvalue weighted by Crippen LogP contribution is -2.41. The number of rotatable bonds is 1. The Kier molecular flexibility index (Phi) is 2.43. The van der Waals surface area contributed by atoms with E-state index in [0.29, 0.717) is 0 Å². The minimum Gasteiger partial charge on any atom is -0.385 e. The van der Waals surface area contributed by atoms with Crippen molar-refractivity contribution in [2.75, 3.05) is 0 Å². The first-order valence-corrected chi connectivity index (χ1v) is 4.57. The van der Waals surface area contributed by atoms with Crippen molar-refractivity contribution in [3.05, 3.63) is 23.8 Å². The highest BCUT2D eigenvalue weighted by molar-refractivity contribution is 5.27. The zero-order valence-corrected chi connectivity index (χ0v) is 8.33. The molecule has 0 amide bonds. The molecule has 0 aromatic carbocycles. The van der Waals surface area contributed by atoms with Crippen molar-refractivity contribution in [1.82, 2.24) is 0 Å². The van der Waals surface area contributed by atoms with Gasteiger partial charge in [0.25, 0.3) is 0 Å². The molecule has 0 aromatic rings. The molecule has 1 aliphatic carbocycles. The molecule has 12 heavy (non-hydrogen) atoms. The Hall–Kier alpha value is -0.560. The molecule has 0 fully saturated rings. The molecule has 0 heterocycles. The van der Waals surface area contributed by atoms with Crippen LogP contribution in [-0.4, -0.2) is 10.7 Å². The molecular formula is C11H18O. The highest BCUT2D eigenvalue weighted by atomic mass is 16.3. The van der Waals surface area contributed by atoms with Gasteiger partial charge in [-0.2, -0.15) is 0 Å². The number of allylic oxidation sites excluding steroid dienone is 2. The number of aliphatic hydroxyl groups is 1. The summed E-state index contributed by atoms with van der Waals surface area (Å²) in [7, 11) is 0. The lowest BCUT2D eigenvalue weighted by molar-refractivity contribution is 0.00455. The number of hydrogen-bond acceptors (Lipinski definition) is 1. The quantitative estimate of drug-likeness (QED) is 0.634. The SMILES string of the molecule is CC1=CC=CC(O)(C(C)C)C1C. The minimum absolute atomic E-state index is 0.238. The van der Waals surface area contributed by atoms with Crippen LogP contribution in [0.25, 0.3) is 0 Å². The van der Waals surface area contributed by atoms with E-state index in [0.717, 1.165) is 0 Å². The summed E-state index contributed by atoms with van der Waals surface area (Å²) in [4.78, 5) is 0. The fourth-order valence-corrected chi connectivity index (χ4v) is 1.70. The second kappa shape index (κ2) is 3.06. The molecule has 2 unspecified atom stereocenters. The Morgan fingerprint density at radius 2 is 2.08 bits per heavy atom. The van der Waals surface area contributed by atoms with Crippen molar-refractivity contribution < 1.29 is 5.11 Å². The third-order valence-electron chi connectivity index (χ3n) is 3.02. The molecular weight excluding hydrogens is 148 g/mol. The van der Waals surface area contributed by atoms with Gasteiger partial charge < -0.3 is 5.11 Å². The lowest BCUT2D eigenvalue weighted by atomic mass is 9.74. The molecule has 0 aliphatic heterocycles. The van der Waals surface area contributed by atoms with E-state index in [1.807, 2.05) is 12.2 Å². The summed E-state index contributed by atoms with van der Waals surface area (Å²) in [6.07, 6.45) is 5.94. The van der Waals surface area contributed by atoms with E-state index < -0.39 is 5.60 Å². The highest BCUT2D eigenvalue weighted by Gasteiger charge is 2.36. The molecule has 1 nitrogen and oxygen atoms in total. The van der Waals surface area contributed by atoms with Crippen LogP contribution in [0.2, 0.25) is 0 Å². The molecule has 1 rings (SSSR count). The van der Waals surface area contributed by atoms with Crippen LogP contribution in [0.15, 0.2) is 23.8 Å². The van der Waals surface area contributed by atoms with Crippen LogP contribution in [0.5, 0.6) is 0 Å². The zero-order valence-electron chi connectivity index (χ0n) is 8.33. The molecule has 0 bridgehead atoms. The van der Waals surface area contributed by atoms with Crippen LogP contribution in [0.3, 0.4) is 0 Å². The second-order valence-electron chi connectivity index (χ2n) is 4.03. The Balaban J connectivity index is 2.95. The highest BCUT2D eigenvalue weighted by Crippen LogP contribution is 2.35. The first-order chi connectivity index (χ1) is 5.48. The Morgan fingerprint density at radius 1 is 1.50 bits per heavy atom. The summed E-state index contributed by atoms with van der Waals surface area (Å²) in [5.74, 6) is 0.509. The topological polar surface area (TPSA) is 20.2 Å². The molecule has 2 atom stereocenters. The van der Waals surface area contributed by atoms with Gasteiger partial charge in [-0.05, 0) is 12.8 Å². The Morgan fingerprint density at radius 3 is 2.50 bits per heavy atom. The summed E-state index contributed by atoms with van der Waals surface area (Å²) >= 11 is 0. The number of hydrogen-bond donors (Lipinski definition) is 1. The van der Waals surface area contributed by atoms with Crippen LogP contribution in [0.4, 0.5) is 0 Å². The molecule has 1 aliphatic rings. The van der Waals surface area contributed by atoms with E-state index in [4.69, 9.17) is 0 Å². The van der Waals surface area contributed by atoms with Gasteiger partial charge in [-0.3, -0.25) is 0 Å². The molecule has 1 N–H and O–H groups in total. The largest absolute Gasteiger partial charge is 0.385 e. The molecule has 68 valence electrons. The standard InChI is InChI=1S/C11H18O/c1-8(2)11(12)7-5-6-9(3)10(11)4/h5-8,10,12H,1-4H3. The van der Waals surface area contributed by atoms with Gasteiger partial charge in [-0.1, -0.05) is 44.6 Å². The fraction of sp³-hybridized carbons (Fsp3) is 0.636. The van der Waals surface area contributed by atoms with Crippen LogP contribution in [-0.2, 0) is 0 Å². The summed E-state index contributed by atoms with van der Waals surface area (Å²) in [6, 6.07) is 0. The van der Waals surface area contributed by atoms with Gasteiger partial charge in [-0.25, -0.2) is 0 Å². The van der Waals surface area contributed by atoms with Crippen LogP contribution < -0.4 is 0 Å². The predicted molar refractivity (Wildman–Crippen MR) is 51.8 cm³/mol. The maximum absolute atomic E-state index is 10.3. The first-order valence-electron chi connectivity index (χ1n) is 4.57. The Bertz CT molecular complexity index is 225. The van der Waals surface area contributed by atoms with Gasteiger partial charge in [0, 0.05) is 5.92 Å². The Labute approximate surface area is 74.8 Å². The van der Waals surface area contributed by atoms with Crippen molar-refractivity contribution in [2.45, 2.75) is 33.3 Å². The van der Waals surface area contributed by atoms with Gasteiger partial charge in [0.2, 0.25) is 0 Å². The van der Waals surface area contributed by atoms with E-state index in [1.54, 1.807) is 0 Å². The predicted octanol–water partition coefficient (Wildman–Crippen LogP) is 2.53. The average molecular weight is 166 g/mol. The summed E-state index contributed by atoms with van der Waals surface area (Å²) in [5.41, 5.74) is 0.618. The van der Waals surface area contributed by atoms with Crippen LogP contribution in [0.1, 0.15) is 27.7 Å². The summed E-state index contributed by atoms with van der Waals surface area (Å²) in [6.45, 7) is 8.26. The first kappa shape index (κ1) is 9.53. The molecule has 0 aromatic heterocycles. The maximum Gasteiger partial charge on any atom is 0.0915 e. The van der Waals surface area contributed by atoms with Crippen molar-refractivity contribution in [2.24, 2.45) is 11.8 Å². The monoisotopic (exact) mass is 166 g/mol. The third kappa shape index (κ3) is 1.34. The smallest absolute Gasteiger partial charge is 0.0915 e.